The molecule has 0 fully saturated rings. The molecule has 0 unspecified atom stereocenters. The zero-order chi connectivity index (χ0) is 22.2. The van der Waals surface area contributed by atoms with Gasteiger partial charge in [-0.05, 0) is 60.4 Å². The van der Waals surface area contributed by atoms with E-state index < -0.39 is 0 Å². The molecule has 166 valence electrons. The van der Waals surface area contributed by atoms with Gasteiger partial charge in [-0.2, -0.15) is 0 Å². The predicted molar refractivity (Wildman–Crippen MR) is 125 cm³/mol. The third kappa shape index (κ3) is 5.69. The van der Waals surface area contributed by atoms with Crippen LogP contribution in [0.5, 0.6) is 5.75 Å². The van der Waals surface area contributed by atoms with Gasteiger partial charge in [0.2, 0.25) is 0 Å². The first-order chi connectivity index (χ1) is 15.7. The number of ether oxygens (including phenoxy) is 1. The molecule has 7 nitrogen and oxygen atoms in total. The molecule has 0 radical (unpaired) electrons. The molecule has 0 bridgehead atoms. The van der Waals surface area contributed by atoms with Gasteiger partial charge in [-0.25, -0.2) is 4.99 Å². The summed E-state index contributed by atoms with van der Waals surface area (Å²) in [6.07, 6.45) is 3.38. The van der Waals surface area contributed by atoms with Crippen LogP contribution in [0.3, 0.4) is 0 Å². The minimum atomic E-state index is -0.274. The molecule has 0 saturated carbocycles. The average molecular weight is 433 g/mol. The van der Waals surface area contributed by atoms with Gasteiger partial charge < -0.3 is 25.1 Å². The van der Waals surface area contributed by atoms with Gasteiger partial charge in [0.1, 0.15) is 5.75 Å². The van der Waals surface area contributed by atoms with Crippen LogP contribution < -0.4 is 20.7 Å². The second-order valence-electron chi connectivity index (χ2n) is 7.54. The van der Waals surface area contributed by atoms with Crippen molar-refractivity contribution in [2.75, 3.05) is 25.0 Å². The Morgan fingerprint density at radius 1 is 1.06 bits per heavy atom. The second-order valence-corrected chi connectivity index (χ2v) is 7.54. The largest absolute Gasteiger partial charge is 0.493 e. The molecule has 0 aliphatic carbocycles. The summed E-state index contributed by atoms with van der Waals surface area (Å²) < 4.78 is 10.7. The fourth-order valence-electron chi connectivity index (χ4n) is 3.58. The van der Waals surface area contributed by atoms with Crippen molar-refractivity contribution in [2.24, 2.45) is 4.99 Å². The summed E-state index contributed by atoms with van der Waals surface area (Å²) in [4.78, 5) is 16.9. The van der Waals surface area contributed by atoms with Crippen LogP contribution in [0.4, 0.5) is 5.69 Å². The minimum Gasteiger partial charge on any atom is -0.493 e. The normalized spacial score (nSPS) is 12.7. The molecular weight excluding hydrogens is 404 g/mol. The Labute approximate surface area is 187 Å². The summed E-state index contributed by atoms with van der Waals surface area (Å²) in [6.45, 7) is 4.88. The highest BCUT2D eigenvalue weighted by Crippen LogP contribution is 2.25. The quantitative estimate of drug-likeness (QED) is 0.373. The predicted octanol–water partition coefficient (Wildman–Crippen LogP) is 3.76. The molecule has 1 aromatic heterocycles. The standard InChI is InChI=1S/C25H28N4O3/c1-2-26-25(27-12-10-18-8-9-22-20(15-18)11-14-32-22)28-17-19-5-3-6-21(16-19)29-24(30)23-7-4-13-31-23/h3-9,13,15-16H,2,10-12,14,17H2,1H3,(H,29,30)(H2,26,27,28). The van der Waals surface area contributed by atoms with Crippen molar-refractivity contribution in [3.05, 3.63) is 83.3 Å². The minimum absolute atomic E-state index is 0.274. The SMILES string of the molecule is CCNC(=NCc1cccc(NC(=O)c2ccco2)c1)NCCc1ccc2c(c1)CCO2. The lowest BCUT2D eigenvalue weighted by Crippen LogP contribution is -2.38. The Balaban J connectivity index is 1.32. The maximum absolute atomic E-state index is 12.2. The van der Waals surface area contributed by atoms with Gasteiger partial charge in [-0.3, -0.25) is 4.79 Å². The van der Waals surface area contributed by atoms with Crippen molar-refractivity contribution in [1.29, 1.82) is 0 Å². The number of benzene rings is 2. The third-order valence-electron chi connectivity index (χ3n) is 5.15. The molecule has 0 atom stereocenters. The molecule has 1 amide bonds. The number of hydrogen-bond acceptors (Lipinski definition) is 4. The van der Waals surface area contributed by atoms with Crippen molar-refractivity contribution < 1.29 is 13.9 Å². The number of furan rings is 1. The van der Waals surface area contributed by atoms with Crippen molar-refractivity contribution in [3.63, 3.8) is 0 Å². The van der Waals surface area contributed by atoms with E-state index in [2.05, 4.69) is 39.1 Å². The molecule has 7 heteroatoms. The van der Waals surface area contributed by atoms with Gasteiger partial charge >= 0.3 is 0 Å². The fourth-order valence-corrected chi connectivity index (χ4v) is 3.58. The summed E-state index contributed by atoms with van der Waals surface area (Å²) in [6, 6.07) is 17.4. The first-order valence-corrected chi connectivity index (χ1v) is 10.9. The van der Waals surface area contributed by atoms with Crippen LogP contribution in [0.2, 0.25) is 0 Å². The molecule has 1 aliphatic heterocycles. The van der Waals surface area contributed by atoms with E-state index in [-0.39, 0.29) is 11.7 Å². The van der Waals surface area contributed by atoms with E-state index >= 15 is 0 Å². The van der Waals surface area contributed by atoms with Crippen molar-refractivity contribution in [2.45, 2.75) is 26.3 Å². The molecule has 2 aromatic carbocycles. The lowest BCUT2D eigenvalue weighted by Gasteiger charge is -2.12. The lowest BCUT2D eigenvalue weighted by molar-refractivity contribution is 0.0996. The molecule has 1 aliphatic rings. The Morgan fingerprint density at radius 3 is 2.84 bits per heavy atom. The Morgan fingerprint density at radius 2 is 2.00 bits per heavy atom. The maximum atomic E-state index is 12.2. The molecule has 0 saturated heterocycles. The van der Waals surface area contributed by atoms with E-state index in [9.17, 15) is 4.79 Å². The lowest BCUT2D eigenvalue weighted by atomic mass is 10.1. The summed E-state index contributed by atoms with van der Waals surface area (Å²) in [5, 5.41) is 9.53. The van der Waals surface area contributed by atoms with Crippen LogP contribution in [-0.2, 0) is 19.4 Å². The van der Waals surface area contributed by atoms with E-state index in [1.165, 1.54) is 17.4 Å². The Bertz CT molecular complexity index is 1080. The fraction of sp³-hybridized carbons (Fsp3) is 0.280. The average Bonchev–Trinajstić information content (AvgIpc) is 3.49. The Kier molecular flexibility index (Phi) is 7.07. The van der Waals surface area contributed by atoms with Crippen molar-refractivity contribution >= 4 is 17.6 Å². The maximum Gasteiger partial charge on any atom is 0.291 e. The van der Waals surface area contributed by atoms with E-state index in [0.717, 1.165) is 49.8 Å². The summed E-state index contributed by atoms with van der Waals surface area (Å²) in [5.74, 6) is 1.79. The molecule has 4 rings (SSSR count). The van der Waals surface area contributed by atoms with Gasteiger partial charge in [0.25, 0.3) is 5.91 Å². The van der Waals surface area contributed by atoms with Crippen LogP contribution in [0.15, 0.2) is 70.3 Å². The van der Waals surface area contributed by atoms with Gasteiger partial charge in [-0.1, -0.05) is 24.3 Å². The third-order valence-corrected chi connectivity index (χ3v) is 5.15. The van der Waals surface area contributed by atoms with Crippen LogP contribution in [-0.4, -0.2) is 31.6 Å². The first kappa shape index (κ1) is 21.5. The molecule has 2 heterocycles. The van der Waals surface area contributed by atoms with Crippen LogP contribution in [0.1, 0.15) is 34.2 Å². The topological polar surface area (TPSA) is 87.9 Å². The van der Waals surface area contributed by atoms with E-state index in [1.54, 1.807) is 12.1 Å². The monoisotopic (exact) mass is 432 g/mol. The number of aliphatic imine (C=N–C) groups is 1. The number of nitrogens with zero attached hydrogens (tertiary/aromatic N) is 1. The Hall–Kier alpha value is -3.74. The number of guanidine groups is 1. The zero-order valence-electron chi connectivity index (χ0n) is 18.2. The van der Waals surface area contributed by atoms with Crippen LogP contribution >= 0.6 is 0 Å². The van der Waals surface area contributed by atoms with Gasteiger partial charge in [0, 0.05) is 25.2 Å². The zero-order valence-corrected chi connectivity index (χ0v) is 18.2. The van der Waals surface area contributed by atoms with Gasteiger partial charge in [0.05, 0.1) is 19.4 Å². The number of nitrogens with one attached hydrogen (secondary N) is 3. The number of hydrogen-bond donors (Lipinski definition) is 3. The smallest absolute Gasteiger partial charge is 0.291 e. The summed E-state index contributed by atoms with van der Waals surface area (Å²) in [7, 11) is 0. The van der Waals surface area contributed by atoms with Gasteiger partial charge in [-0.15, -0.1) is 0 Å². The summed E-state index contributed by atoms with van der Waals surface area (Å²) >= 11 is 0. The van der Waals surface area contributed by atoms with Crippen LogP contribution in [0.25, 0.3) is 0 Å². The number of carbonyl (C=O) groups is 1. The summed E-state index contributed by atoms with van der Waals surface area (Å²) in [5.41, 5.74) is 4.29. The van der Waals surface area contributed by atoms with Gasteiger partial charge in [0.15, 0.2) is 11.7 Å². The second kappa shape index (κ2) is 10.5. The highest BCUT2D eigenvalue weighted by Gasteiger charge is 2.12. The van der Waals surface area contributed by atoms with E-state index in [4.69, 9.17) is 9.15 Å². The van der Waals surface area contributed by atoms with Crippen molar-refractivity contribution in [3.8, 4) is 5.75 Å². The van der Waals surface area contributed by atoms with E-state index in [1.807, 2.05) is 31.2 Å². The molecule has 3 N–H and O–H groups in total. The number of fused-ring (bicyclic) bond motifs is 1. The highest BCUT2D eigenvalue weighted by molar-refractivity contribution is 6.02. The number of anilines is 1. The molecular formula is C25H28N4O3. The number of amides is 1. The molecule has 0 spiro atoms. The first-order valence-electron chi connectivity index (χ1n) is 10.9. The highest BCUT2D eigenvalue weighted by atomic mass is 16.5. The number of carbonyl (C=O) groups excluding carboxylic acids is 1. The molecule has 3 aromatic rings. The molecule has 32 heavy (non-hydrogen) atoms. The van der Waals surface area contributed by atoms with E-state index in [0.29, 0.717) is 12.2 Å². The number of rotatable bonds is 8. The van der Waals surface area contributed by atoms with Crippen LogP contribution in [0, 0.1) is 0 Å². The van der Waals surface area contributed by atoms with Crippen molar-refractivity contribution in [1.82, 2.24) is 10.6 Å².